The number of rotatable bonds is 5. The van der Waals surface area contributed by atoms with Crippen LogP contribution in [0.2, 0.25) is 0 Å². The lowest BCUT2D eigenvalue weighted by molar-refractivity contribution is -0.114. The lowest BCUT2D eigenvalue weighted by Gasteiger charge is -2.35. The van der Waals surface area contributed by atoms with Gasteiger partial charge in [0.15, 0.2) is 0 Å². The zero-order valence-electron chi connectivity index (χ0n) is 18.6. The zero-order chi connectivity index (χ0) is 22.7. The molecule has 0 unspecified atom stereocenters. The highest BCUT2D eigenvalue weighted by molar-refractivity contribution is 7.89. The average Bonchev–Trinajstić information content (AvgIpc) is 2.79. The second-order valence-electron chi connectivity index (χ2n) is 8.28. The maximum atomic E-state index is 13.1. The minimum Gasteiger partial charge on any atom is -0.356 e. The minimum atomic E-state index is -3.59. The molecule has 2 fully saturated rings. The first-order chi connectivity index (χ1) is 15.3. The molecule has 1 aromatic heterocycles. The van der Waals surface area contributed by atoms with Crippen molar-refractivity contribution < 1.29 is 13.2 Å². The number of carbonyl (C=O) groups excluding carboxylic acids is 1. The van der Waals surface area contributed by atoms with E-state index in [1.807, 2.05) is 13.0 Å². The van der Waals surface area contributed by atoms with E-state index < -0.39 is 10.0 Å². The smallest absolute Gasteiger partial charge is 0.243 e. The third-order valence-electron chi connectivity index (χ3n) is 5.87. The normalized spacial score (nSPS) is 17.9. The van der Waals surface area contributed by atoms with E-state index in [2.05, 4.69) is 25.1 Å². The van der Waals surface area contributed by atoms with Crippen LogP contribution in [0, 0.1) is 6.92 Å². The van der Waals surface area contributed by atoms with E-state index in [1.165, 1.54) is 42.6 Å². The number of anilines is 3. The average molecular weight is 459 g/mol. The standard InChI is InChI=1S/C22H30N6O3S/c1-17-23-21(26-10-4-3-5-11-26)16-22(24-17)27-12-14-28(15-13-27)32(30,31)20-8-6-19(7-9-20)25-18(2)29/h6-9,16H,3-5,10-15H2,1-2H3,(H,25,29). The van der Waals surface area contributed by atoms with Crippen molar-refractivity contribution in [2.45, 2.75) is 38.0 Å². The molecule has 2 aliphatic rings. The highest BCUT2D eigenvalue weighted by Gasteiger charge is 2.29. The summed E-state index contributed by atoms with van der Waals surface area (Å²) < 4.78 is 27.6. The Morgan fingerprint density at radius 1 is 0.875 bits per heavy atom. The molecule has 1 N–H and O–H groups in total. The minimum absolute atomic E-state index is 0.194. The third kappa shape index (κ3) is 5.02. The first-order valence-corrected chi connectivity index (χ1v) is 12.5. The Kier molecular flexibility index (Phi) is 6.61. The molecule has 0 spiro atoms. The molecule has 0 bridgehead atoms. The number of amides is 1. The van der Waals surface area contributed by atoms with E-state index >= 15 is 0 Å². The van der Waals surface area contributed by atoms with E-state index in [-0.39, 0.29) is 10.8 Å². The summed E-state index contributed by atoms with van der Waals surface area (Å²) in [5, 5.41) is 2.65. The highest BCUT2D eigenvalue weighted by Crippen LogP contribution is 2.25. The van der Waals surface area contributed by atoms with Crippen LogP contribution in [0.5, 0.6) is 0 Å². The number of sulfonamides is 1. The number of carbonyl (C=O) groups is 1. The SMILES string of the molecule is CC(=O)Nc1ccc(S(=O)(=O)N2CCN(c3cc(N4CCCCC4)nc(C)n3)CC2)cc1. The number of hydrogen-bond acceptors (Lipinski definition) is 7. The molecule has 32 heavy (non-hydrogen) atoms. The predicted octanol–water partition coefficient (Wildman–Crippen LogP) is 2.24. The molecule has 0 saturated carbocycles. The van der Waals surface area contributed by atoms with E-state index in [9.17, 15) is 13.2 Å². The van der Waals surface area contributed by atoms with Crippen LogP contribution in [0.1, 0.15) is 32.0 Å². The van der Waals surface area contributed by atoms with Crippen LogP contribution in [0.3, 0.4) is 0 Å². The second-order valence-corrected chi connectivity index (χ2v) is 10.2. The van der Waals surface area contributed by atoms with Gasteiger partial charge in [-0.2, -0.15) is 4.31 Å². The molecular formula is C22H30N6O3S. The summed E-state index contributed by atoms with van der Waals surface area (Å²) in [4.78, 5) is 25.1. The molecule has 1 amide bonds. The molecule has 2 aliphatic heterocycles. The second kappa shape index (κ2) is 9.41. The number of hydrogen-bond donors (Lipinski definition) is 1. The molecule has 0 atom stereocenters. The van der Waals surface area contributed by atoms with Crippen molar-refractivity contribution in [2.24, 2.45) is 0 Å². The molecule has 2 aromatic rings. The van der Waals surface area contributed by atoms with Gasteiger partial charge in [-0.1, -0.05) is 0 Å². The Morgan fingerprint density at radius 3 is 2.00 bits per heavy atom. The number of nitrogens with zero attached hydrogens (tertiary/aromatic N) is 5. The molecule has 4 rings (SSSR count). The summed E-state index contributed by atoms with van der Waals surface area (Å²) in [5.74, 6) is 2.36. The summed E-state index contributed by atoms with van der Waals surface area (Å²) >= 11 is 0. The molecule has 0 radical (unpaired) electrons. The van der Waals surface area contributed by atoms with Crippen LogP contribution in [-0.4, -0.2) is 67.9 Å². The number of benzene rings is 1. The first-order valence-electron chi connectivity index (χ1n) is 11.1. The fraction of sp³-hybridized carbons (Fsp3) is 0.500. The van der Waals surface area contributed by atoms with Gasteiger partial charge in [-0.3, -0.25) is 4.79 Å². The van der Waals surface area contributed by atoms with Crippen molar-refractivity contribution >= 4 is 33.3 Å². The van der Waals surface area contributed by atoms with E-state index in [0.29, 0.717) is 31.9 Å². The Hall–Kier alpha value is -2.72. The Morgan fingerprint density at radius 2 is 1.44 bits per heavy atom. The number of piperazine rings is 1. The summed E-state index contributed by atoms with van der Waals surface area (Å²) in [5.41, 5.74) is 0.574. The lowest BCUT2D eigenvalue weighted by Crippen LogP contribution is -2.49. The lowest BCUT2D eigenvalue weighted by atomic mass is 10.1. The maximum Gasteiger partial charge on any atom is 0.243 e. The first kappa shape index (κ1) is 22.5. The predicted molar refractivity (Wildman–Crippen MR) is 125 cm³/mol. The van der Waals surface area contributed by atoms with Gasteiger partial charge in [0, 0.05) is 57.9 Å². The monoisotopic (exact) mass is 458 g/mol. The van der Waals surface area contributed by atoms with Gasteiger partial charge in [0.05, 0.1) is 4.90 Å². The van der Waals surface area contributed by atoms with Crippen molar-refractivity contribution in [3.05, 3.63) is 36.2 Å². The maximum absolute atomic E-state index is 13.1. The van der Waals surface area contributed by atoms with Crippen LogP contribution in [-0.2, 0) is 14.8 Å². The number of aryl methyl sites for hydroxylation is 1. The summed E-state index contributed by atoms with van der Waals surface area (Å²) in [7, 11) is -3.59. The molecular weight excluding hydrogens is 428 g/mol. The Balaban J connectivity index is 1.43. The third-order valence-corrected chi connectivity index (χ3v) is 7.78. The van der Waals surface area contributed by atoms with E-state index in [0.717, 1.165) is 30.5 Å². The summed E-state index contributed by atoms with van der Waals surface area (Å²) in [6, 6.07) is 8.31. The van der Waals surface area contributed by atoms with Gasteiger partial charge in [-0.05, 0) is 50.5 Å². The number of nitrogens with one attached hydrogen (secondary N) is 1. The van der Waals surface area contributed by atoms with Gasteiger partial charge in [0.25, 0.3) is 0 Å². The topological polar surface area (TPSA) is 98.7 Å². The van der Waals surface area contributed by atoms with Crippen LogP contribution in [0.25, 0.3) is 0 Å². The molecule has 172 valence electrons. The largest absolute Gasteiger partial charge is 0.356 e. The molecule has 0 aliphatic carbocycles. The van der Waals surface area contributed by atoms with E-state index in [4.69, 9.17) is 0 Å². The molecule has 9 nitrogen and oxygen atoms in total. The van der Waals surface area contributed by atoms with Crippen molar-refractivity contribution in [3.63, 3.8) is 0 Å². The van der Waals surface area contributed by atoms with Crippen molar-refractivity contribution in [1.29, 1.82) is 0 Å². The fourth-order valence-electron chi connectivity index (χ4n) is 4.20. The van der Waals surface area contributed by atoms with Crippen LogP contribution in [0.4, 0.5) is 17.3 Å². The van der Waals surface area contributed by atoms with Crippen molar-refractivity contribution in [2.75, 3.05) is 54.4 Å². The van der Waals surface area contributed by atoms with Crippen LogP contribution < -0.4 is 15.1 Å². The van der Waals surface area contributed by atoms with Gasteiger partial charge >= 0.3 is 0 Å². The number of piperidine rings is 1. The van der Waals surface area contributed by atoms with Crippen LogP contribution >= 0.6 is 0 Å². The van der Waals surface area contributed by atoms with Crippen molar-refractivity contribution in [3.8, 4) is 0 Å². The van der Waals surface area contributed by atoms with E-state index in [1.54, 1.807) is 12.1 Å². The zero-order valence-corrected chi connectivity index (χ0v) is 19.4. The van der Waals surface area contributed by atoms with Gasteiger partial charge in [-0.25, -0.2) is 18.4 Å². The van der Waals surface area contributed by atoms with Crippen molar-refractivity contribution in [1.82, 2.24) is 14.3 Å². The Bertz CT molecular complexity index is 1060. The Labute approximate surface area is 189 Å². The number of aromatic nitrogens is 2. The van der Waals surface area contributed by atoms with Gasteiger partial charge < -0.3 is 15.1 Å². The highest BCUT2D eigenvalue weighted by atomic mass is 32.2. The fourth-order valence-corrected chi connectivity index (χ4v) is 5.63. The van der Waals surface area contributed by atoms with Gasteiger partial charge in [0.2, 0.25) is 15.9 Å². The molecule has 2 saturated heterocycles. The molecule has 10 heteroatoms. The summed E-state index contributed by atoms with van der Waals surface area (Å²) in [6.07, 6.45) is 3.63. The molecule has 1 aromatic carbocycles. The van der Waals surface area contributed by atoms with Crippen LogP contribution in [0.15, 0.2) is 35.2 Å². The quantitative estimate of drug-likeness (QED) is 0.734. The molecule has 3 heterocycles. The van der Waals surface area contributed by atoms with Gasteiger partial charge in [-0.15, -0.1) is 0 Å². The summed E-state index contributed by atoms with van der Waals surface area (Å²) in [6.45, 7) is 7.26. The van der Waals surface area contributed by atoms with Gasteiger partial charge in [0.1, 0.15) is 17.5 Å².